The van der Waals surface area contributed by atoms with E-state index < -0.39 is 0 Å². The summed E-state index contributed by atoms with van der Waals surface area (Å²) in [6.07, 6.45) is 3.19. The fourth-order valence-electron chi connectivity index (χ4n) is 2.92. The van der Waals surface area contributed by atoms with Gasteiger partial charge in [0.05, 0.1) is 0 Å². The molecule has 0 bridgehead atoms. The third-order valence-corrected chi connectivity index (χ3v) is 4.60. The van der Waals surface area contributed by atoms with Crippen molar-refractivity contribution >= 4 is 17.5 Å². The van der Waals surface area contributed by atoms with E-state index in [2.05, 4.69) is 6.58 Å². The molecular formula is C20H20ClNO2. The third-order valence-electron chi connectivity index (χ3n) is 4.27. The van der Waals surface area contributed by atoms with E-state index in [1.807, 2.05) is 53.4 Å². The van der Waals surface area contributed by atoms with Crippen LogP contribution in [0.3, 0.4) is 0 Å². The molecule has 0 aliphatic carbocycles. The Balaban J connectivity index is 1.60. The smallest absolute Gasteiger partial charge is 0.245 e. The Kier molecular flexibility index (Phi) is 5.21. The minimum Gasteiger partial charge on any atom is -0.490 e. The van der Waals surface area contributed by atoms with Crippen LogP contribution in [0.15, 0.2) is 61.2 Å². The van der Waals surface area contributed by atoms with E-state index in [1.54, 1.807) is 0 Å². The standard InChI is InChI=1S/C20H20ClNO2/c1-2-20(23)22-13-11-17(12-14-22)24-16-9-7-15(8-10-16)18-5-3-4-6-19(18)21/h2-10,17H,1,11-14H2. The van der Waals surface area contributed by atoms with Gasteiger partial charge in [0.25, 0.3) is 0 Å². The zero-order valence-corrected chi connectivity index (χ0v) is 14.2. The summed E-state index contributed by atoms with van der Waals surface area (Å²) in [4.78, 5) is 13.4. The van der Waals surface area contributed by atoms with Crippen molar-refractivity contribution in [3.8, 4) is 16.9 Å². The van der Waals surface area contributed by atoms with Gasteiger partial charge in [0.2, 0.25) is 5.91 Å². The molecule has 0 radical (unpaired) electrons. The second-order valence-corrected chi connectivity index (χ2v) is 6.26. The van der Waals surface area contributed by atoms with Crippen LogP contribution in [0.5, 0.6) is 5.75 Å². The zero-order valence-electron chi connectivity index (χ0n) is 13.5. The van der Waals surface area contributed by atoms with Crippen molar-refractivity contribution in [1.29, 1.82) is 0 Å². The molecule has 1 aliphatic rings. The van der Waals surface area contributed by atoms with Crippen LogP contribution in [0.25, 0.3) is 11.1 Å². The van der Waals surface area contributed by atoms with Crippen LogP contribution in [0.4, 0.5) is 0 Å². The molecule has 2 aromatic carbocycles. The number of nitrogens with zero attached hydrogens (tertiary/aromatic N) is 1. The molecule has 4 heteroatoms. The summed E-state index contributed by atoms with van der Waals surface area (Å²) in [6, 6.07) is 15.8. The lowest BCUT2D eigenvalue weighted by Gasteiger charge is -2.31. The largest absolute Gasteiger partial charge is 0.490 e. The van der Waals surface area contributed by atoms with Gasteiger partial charge in [0.1, 0.15) is 11.9 Å². The predicted molar refractivity (Wildman–Crippen MR) is 97.3 cm³/mol. The van der Waals surface area contributed by atoms with Crippen LogP contribution >= 0.6 is 11.6 Å². The molecule has 1 aliphatic heterocycles. The van der Waals surface area contributed by atoms with E-state index in [4.69, 9.17) is 16.3 Å². The summed E-state index contributed by atoms with van der Waals surface area (Å²) in [5, 5.41) is 0.741. The van der Waals surface area contributed by atoms with Crippen LogP contribution in [0, 0.1) is 0 Å². The van der Waals surface area contributed by atoms with E-state index in [-0.39, 0.29) is 12.0 Å². The minimum absolute atomic E-state index is 0.00228. The molecule has 0 N–H and O–H groups in total. The first-order chi connectivity index (χ1) is 11.7. The van der Waals surface area contributed by atoms with Crippen LogP contribution < -0.4 is 4.74 Å². The number of carbonyl (C=O) groups excluding carboxylic acids is 1. The van der Waals surface area contributed by atoms with Crippen LogP contribution in [-0.2, 0) is 4.79 Å². The summed E-state index contributed by atoms with van der Waals surface area (Å²) in [7, 11) is 0. The van der Waals surface area contributed by atoms with Gasteiger partial charge in [-0.15, -0.1) is 0 Å². The molecular weight excluding hydrogens is 322 g/mol. The van der Waals surface area contributed by atoms with Gasteiger partial charge < -0.3 is 9.64 Å². The number of amides is 1. The average molecular weight is 342 g/mol. The van der Waals surface area contributed by atoms with Crippen molar-refractivity contribution in [2.45, 2.75) is 18.9 Å². The van der Waals surface area contributed by atoms with Gasteiger partial charge in [-0.25, -0.2) is 0 Å². The Hall–Kier alpha value is -2.26. The summed E-state index contributed by atoms with van der Waals surface area (Å²) < 4.78 is 6.04. The van der Waals surface area contributed by atoms with Gasteiger partial charge in [-0.1, -0.05) is 48.5 Å². The quantitative estimate of drug-likeness (QED) is 0.763. The molecule has 3 nitrogen and oxygen atoms in total. The zero-order chi connectivity index (χ0) is 16.9. The fraction of sp³-hybridized carbons (Fsp3) is 0.250. The Labute approximate surface area is 147 Å². The minimum atomic E-state index is -0.00228. The molecule has 0 unspecified atom stereocenters. The second-order valence-electron chi connectivity index (χ2n) is 5.85. The number of piperidine rings is 1. The van der Waals surface area contributed by atoms with Gasteiger partial charge >= 0.3 is 0 Å². The van der Waals surface area contributed by atoms with Crippen LogP contribution in [0.1, 0.15) is 12.8 Å². The number of halogens is 1. The van der Waals surface area contributed by atoms with Gasteiger partial charge in [0, 0.05) is 36.5 Å². The lowest BCUT2D eigenvalue weighted by atomic mass is 10.1. The Morgan fingerprint density at radius 3 is 2.42 bits per heavy atom. The molecule has 0 aromatic heterocycles. The molecule has 0 spiro atoms. The summed E-state index contributed by atoms with van der Waals surface area (Å²) in [5.74, 6) is 0.844. The Bertz CT molecular complexity index is 719. The van der Waals surface area contributed by atoms with Crippen molar-refractivity contribution < 1.29 is 9.53 Å². The van der Waals surface area contributed by atoms with Crippen molar-refractivity contribution in [3.05, 3.63) is 66.2 Å². The molecule has 0 atom stereocenters. The number of rotatable bonds is 4. The lowest BCUT2D eigenvalue weighted by molar-refractivity contribution is -0.127. The highest BCUT2D eigenvalue weighted by atomic mass is 35.5. The summed E-state index contributed by atoms with van der Waals surface area (Å²) >= 11 is 6.23. The number of carbonyl (C=O) groups is 1. The Morgan fingerprint density at radius 2 is 1.79 bits per heavy atom. The molecule has 0 saturated carbocycles. The van der Waals surface area contributed by atoms with Gasteiger partial charge in [-0.05, 0) is 29.8 Å². The predicted octanol–water partition coefficient (Wildman–Crippen LogP) is 4.56. The maximum atomic E-state index is 11.6. The molecule has 1 heterocycles. The molecule has 2 aromatic rings. The van der Waals surface area contributed by atoms with Crippen molar-refractivity contribution in [2.75, 3.05) is 13.1 Å². The van der Waals surface area contributed by atoms with E-state index in [0.29, 0.717) is 13.1 Å². The average Bonchev–Trinajstić information content (AvgIpc) is 2.63. The SMILES string of the molecule is C=CC(=O)N1CCC(Oc2ccc(-c3ccccc3Cl)cc2)CC1. The molecule has 1 fully saturated rings. The number of hydrogen-bond donors (Lipinski definition) is 0. The Morgan fingerprint density at radius 1 is 1.12 bits per heavy atom. The number of likely N-dealkylation sites (tertiary alicyclic amines) is 1. The van der Waals surface area contributed by atoms with E-state index in [0.717, 1.165) is 34.7 Å². The highest BCUT2D eigenvalue weighted by Crippen LogP contribution is 2.29. The maximum Gasteiger partial charge on any atom is 0.245 e. The van der Waals surface area contributed by atoms with Gasteiger partial charge in [-0.2, -0.15) is 0 Å². The number of benzene rings is 2. The molecule has 1 amide bonds. The summed E-state index contributed by atoms with van der Waals surface area (Å²) in [6.45, 7) is 4.96. The van der Waals surface area contributed by atoms with Crippen LogP contribution in [-0.4, -0.2) is 30.0 Å². The molecule has 124 valence electrons. The monoisotopic (exact) mass is 341 g/mol. The van der Waals surface area contributed by atoms with Crippen molar-refractivity contribution in [2.24, 2.45) is 0 Å². The van der Waals surface area contributed by atoms with Gasteiger partial charge in [-0.3, -0.25) is 4.79 Å². The van der Waals surface area contributed by atoms with Gasteiger partial charge in [0.15, 0.2) is 0 Å². The summed E-state index contributed by atoms with van der Waals surface area (Å²) in [5.41, 5.74) is 2.08. The third kappa shape index (κ3) is 3.80. The number of hydrogen-bond acceptors (Lipinski definition) is 2. The normalized spacial score (nSPS) is 15.1. The lowest BCUT2D eigenvalue weighted by Crippen LogP contribution is -2.41. The van der Waals surface area contributed by atoms with E-state index in [1.165, 1.54) is 6.08 Å². The first kappa shape index (κ1) is 16.6. The molecule has 3 rings (SSSR count). The highest BCUT2D eigenvalue weighted by Gasteiger charge is 2.22. The first-order valence-electron chi connectivity index (χ1n) is 8.10. The fourth-order valence-corrected chi connectivity index (χ4v) is 3.17. The molecule has 24 heavy (non-hydrogen) atoms. The van der Waals surface area contributed by atoms with Crippen LogP contribution in [0.2, 0.25) is 5.02 Å². The van der Waals surface area contributed by atoms with Crippen molar-refractivity contribution in [1.82, 2.24) is 4.90 Å². The highest BCUT2D eigenvalue weighted by molar-refractivity contribution is 6.33. The van der Waals surface area contributed by atoms with Crippen molar-refractivity contribution in [3.63, 3.8) is 0 Å². The van der Waals surface area contributed by atoms with E-state index >= 15 is 0 Å². The first-order valence-corrected chi connectivity index (χ1v) is 8.48. The van der Waals surface area contributed by atoms with E-state index in [9.17, 15) is 4.79 Å². The number of ether oxygens (including phenoxy) is 1. The topological polar surface area (TPSA) is 29.5 Å². The maximum absolute atomic E-state index is 11.6. The second kappa shape index (κ2) is 7.54. The molecule has 1 saturated heterocycles.